The lowest BCUT2D eigenvalue weighted by molar-refractivity contribution is -0.118. The van der Waals surface area contributed by atoms with Gasteiger partial charge in [-0.2, -0.15) is 0 Å². The van der Waals surface area contributed by atoms with Crippen LogP contribution in [-0.4, -0.2) is 31.7 Å². The molecule has 0 atom stereocenters. The number of esters is 1. The standard InChI is InChI=1S/C19H21NO5/c1-3-23-16-10-8-15(9-11-16)20-18(21)13-25-17-7-5-6-14(12-17)19(22)24-4-2/h5-12H,3-4,13H2,1-2H3,(H,20,21). The molecule has 0 fully saturated rings. The third-order valence-electron chi connectivity index (χ3n) is 3.16. The Balaban J connectivity index is 1.87. The van der Waals surface area contributed by atoms with Crippen LogP contribution in [0.4, 0.5) is 5.69 Å². The molecule has 0 saturated heterocycles. The molecule has 0 bridgehead atoms. The Kier molecular flexibility index (Phi) is 6.83. The van der Waals surface area contributed by atoms with Crippen molar-refractivity contribution in [1.29, 1.82) is 0 Å². The maximum absolute atomic E-state index is 12.0. The fraction of sp³-hybridized carbons (Fsp3) is 0.263. The second kappa shape index (κ2) is 9.32. The highest BCUT2D eigenvalue weighted by Gasteiger charge is 2.09. The van der Waals surface area contributed by atoms with E-state index in [1.165, 1.54) is 0 Å². The summed E-state index contributed by atoms with van der Waals surface area (Å²) in [5, 5.41) is 2.73. The molecule has 0 aliphatic heterocycles. The van der Waals surface area contributed by atoms with Crippen LogP contribution >= 0.6 is 0 Å². The lowest BCUT2D eigenvalue weighted by Gasteiger charge is -2.09. The van der Waals surface area contributed by atoms with Crippen LogP contribution in [0.2, 0.25) is 0 Å². The second-order valence-corrected chi connectivity index (χ2v) is 5.04. The zero-order chi connectivity index (χ0) is 18.1. The van der Waals surface area contributed by atoms with E-state index in [0.29, 0.717) is 30.2 Å². The number of rotatable bonds is 8. The van der Waals surface area contributed by atoms with Gasteiger partial charge in [0.05, 0.1) is 18.8 Å². The highest BCUT2D eigenvalue weighted by molar-refractivity contribution is 5.92. The zero-order valence-corrected chi connectivity index (χ0v) is 14.3. The van der Waals surface area contributed by atoms with E-state index in [4.69, 9.17) is 14.2 Å². The van der Waals surface area contributed by atoms with Crippen LogP contribution < -0.4 is 14.8 Å². The average Bonchev–Trinajstić information content (AvgIpc) is 2.62. The van der Waals surface area contributed by atoms with Gasteiger partial charge in [-0.05, 0) is 56.3 Å². The summed E-state index contributed by atoms with van der Waals surface area (Å²) in [4.78, 5) is 23.6. The first-order chi connectivity index (χ1) is 12.1. The summed E-state index contributed by atoms with van der Waals surface area (Å²) in [6, 6.07) is 13.6. The number of anilines is 1. The first-order valence-electron chi connectivity index (χ1n) is 8.05. The van der Waals surface area contributed by atoms with Crippen molar-refractivity contribution in [2.24, 2.45) is 0 Å². The van der Waals surface area contributed by atoms with Crippen LogP contribution in [0, 0.1) is 0 Å². The highest BCUT2D eigenvalue weighted by Crippen LogP contribution is 2.16. The van der Waals surface area contributed by atoms with Crippen molar-refractivity contribution in [3.8, 4) is 11.5 Å². The van der Waals surface area contributed by atoms with Gasteiger partial charge in [0.25, 0.3) is 5.91 Å². The van der Waals surface area contributed by atoms with Gasteiger partial charge in [-0.3, -0.25) is 4.79 Å². The van der Waals surface area contributed by atoms with E-state index in [1.807, 2.05) is 6.92 Å². The maximum Gasteiger partial charge on any atom is 0.338 e. The van der Waals surface area contributed by atoms with Gasteiger partial charge in [0.15, 0.2) is 6.61 Å². The van der Waals surface area contributed by atoms with Crippen LogP contribution in [0.15, 0.2) is 48.5 Å². The van der Waals surface area contributed by atoms with Gasteiger partial charge in [-0.1, -0.05) is 6.07 Å². The topological polar surface area (TPSA) is 73.9 Å². The predicted octanol–water partition coefficient (Wildman–Crippen LogP) is 3.28. The van der Waals surface area contributed by atoms with Crippen LogP contribution in [0.3, 0.4) is 0 Å². The van der Waals surface area contributed by atoms with E-state index < -0.39 is 5.97 Å². The predicted molar refractivity (Wildman–Crippen MR) is 94.1 cm³/mol. The first kappa shape index (κ1) is 18.3. The van der Waals surface area contributed by atoms with Crippen molar-refractivity contribution in [3.05, 3.63) is 54.1 Å². The Bertz CT molecular complexity index is 712. The normalized spacial score (nSPS) is 10.0. The van der Waals surface area contributed by atoms with Crippen LogP contribution in [0.1, 0.15) is 24.2 Å². The summed E-state index contributed by atoms with van der Waals surface area (Å²) < 4.78 is 15.7. The molecule has 0 aromatic heterocycles. The molecule has 2 aromatic rings. The van der Waals surface area contributed by atoms with E-state index in [2.05, 4.69) is 5.32 Å². The van der Waals surface area contributed by atoms with Gasteiger partial charge in [-0.15, -0.1) is 0 Å². The Morgan fingerprint density at radius 3 is 2.36 bits per heavy atom. The van der Waals surface area contributed by atoms with E-state index >= 15 is 0 Å². The van der Waals surface area contributed by atoms with Crippen molar-refractivity contribution in [3.63, 3.8) is 0 Å². The fourth-order valence-corrected chi connectivity index (χ4v) is 2.07. The summed E-state index contributed by atoms with van der Waals surface area (Å²) in [5.74, 6) is 0.442. The summed E-state index contributed by atoms with van der Waals surface area (Å²) in [5.41, 5.74) is 1.03. The number of nitrogens with one attached hydrogen (secondary N) is 1. The molecule has 1 N–H and O–H groups in total. The summed E-state index contributed by atoms with van der Waals surface area (Å²) in [7, 11) is 0. The van der Waals surface area contributed by atoms with Crippen LogP contribution in [-0.2, 0) is 9.53 Å². The molecular weight excluding hydrogens is 322 g/mol. The molecule has 0 unspecified atom stereocenters. The molecule has 1 amide bonds. The number of carbonyl (C=O) groups excluding carboxylic acids is 2. The average molecular weight is 343 g/mol. The molecule has 0 spiro atoms. The Labute approximate surface area is 146 Å². The smallest absolute Gasteiger partial charge is 0.338 e. The van der Waals surface area contributed by atoms with Crippen LogP contribution in [0.25, 0.3) is 0 Å². The molecule has 0 saturated carbocycles. The number of ether oxygens (including phenoxy) is 3. The van der Waals surface area contributed by atoms with Crippen molar-refractivity contribution in [1.82, 2.24) is 0 Å². The van der Waals surface area contributed by atoms with Gasteiger partial charge in [-0.25, -0.2) is 4.79 Å². The minimum Gasteiger partial charge on any atom is -0.494 e. The lowest BCUT2D eigenvalue weighted by atomic mass is 10.2. The number of hydrogen-bond donors (Lipinski definition) is 1. The minimum absolute atomic E-state index is 0.167. The Morgan fingerprint density at radius 2 is 1.68 bits per heavy atom. The van der Waals surface area contributed by atoms with E-state index in [9.17, 15) is 9.59 Å². The van der Waals surface area contributed by atoms with Gasteiger partial charge >= 0.3 is 5.97 Å². The molecule has 2 aromatic carbocycles. The van der Waals surface area contributed by atoms with Crippen molar-refractivity contribution in [2.45, 2.75) is 13.8 Å². The van der Waals surface area contributed by atoms with E-state index in [-0.39, 0.29) is 12.5 Å². The van der Waals surface area contributed by atoms with Crippen molar-refractivity contribution < 1.29 is 23.8 Å². The highest BCUT2D eigenvalue weighted by atomic mass is 16.5. The van der Waals surface area contributed by atoms with Crippen LogP contribution in [0.5, 0.6) is 11.5 Å². The van der Waals surface area contributed by atoms with E-state index in [0.717, 1.165) is 5.75 Å². The molecule has 0 heterocycles. The molecule has 2 rings (SSSR count). The SMILES string of the molecule is CCOC(=O)c1cccc(OCC(=O)Nc2ccc(OCC)cc2)c1. The minimum atomic E-state index is -0.424. The van der Waals surface area contributed by atoms with E-state index in [1.54, 1.807) is 55.5 Å². The van der Waals surface area contributed by atoms with Crippen molar-refractivity contribution in [2.75, 3.05) is 25.1 Å². The van der Waals surface area contributed by atoms with Gasteiger partial charge in [0.1, 0.15) is 11.5 Å². The molecule has 132 valence electrons. The largest absolute Gasteiger partial charge is 0.494 e. The number of benzene rings is 2. The van der Waals surface area contributed by atoms with Crippen molar-refractivity contribution >= 4 is 17.6 Å². The van der Waals surface area contributed by atoms with Gasteiger partial charge in [0.2, 0.25) is 0 Å². The monoisotopic (exact) mass is 343 g/mol. The second-order valence-electron chi connectivity index (χ2n) is 5.04. The lowest BCUT2D eigenvalue weighted by Crippen LogP contribution is -2.20. The Morgan fingerprint density at radius 1 is 0.920 bits per heavy atom. The number of hydrogen-bond acceptors (Lipinski definition) is 5. The molecule has 0 radical (unpaired) electrons. The summed E-state index contributed by atoms with van der Waals surface area (Å²) in [6.45, 7) is 4.37. The molecule has 25 heavy (non-hydrogen) atoms. The number of amides is 1. The third-order valence-corrected chi connectivity index (χ3v) is 3.16. The van der Waals surface area contributed by atoms with Gasteiger partial charge in [0, 0.05) is 5.69 Å². The molecule has 6 heteroatoms. The fourth-order valence-electron chi connectivity index (χ4n) is 2.07. The summed E-state index contributed by atoms with van der Waals surface area (Å²) >= 11 is 0. The van der Waals surface area contributed by atoms with Gasteiger partial charge < -0.3 is 19.5 Å². The molecule has 0 aliphatic carbocycles. The molecule has 0 aliphatic rings. The summed E-state index contributed by atoms with van der Waals surface area (Å²) in [6.07, 6.45) is 0. The maximum atomic E-state index is 12.0. The third kappa shape index (κ3) is 5.84. The zero-order valence-electron chi connectivity index (χ0n) is 14.3. The first-order valence-corrected chi connectivity index (χ1v) is 8.05. The Hall–Kier alpha value is -3.02. The molecular formula is C19H21NO5. The number of carbonyl (C=O) groups is 2. The molecule has 6 nitrogen and oxygen atoms in total. The quantitative estimate of drug-likeness (QED) is 0.745.